The van der Waals surface area contributed by atoms with E-state index in [2.05, 4.69) is 49.3 Å². The van der Waals surface area contributed by atoms with Gasteiger partial charge in [0.2, 0.25) is 5.91 Å². The number of guanidine groups is 1. The lowest BCUT2D eigenvalue weighted by Gasteiger charge is -2.39. The molecular formula is C18H36IN7O. The number of nitrogens with one attached hydrogen (secondary N) is 2. The summed E-state index contributed by atoms with van der Waals surface area (Å²) in [6, 6.07) is 0.960. The van der Waals surface area contributed by atoms with Crippen molar-refractivity contribution in [2.75, 3.05) is 80.0 Å². The molecule has 1 unspecified atom stereocenters. The van der Waals surface area contributed by atoms with Crippen LogP contribution in [0.15, 0.2) is 4.99 Å². The van der Waals surface area contributed by atoms with E-state index in [-0.39, 0.29) is 29.9 Å². The molecule has 8 nitrogen and oxygen atoms in total. The van der Waals surface area contributed by atoms with Crippen LogP contribution in [0.3, 0.4) is 0 Å². The summed E-state index contributed by atoms with van der Waals surface area (Å²) in [6.45, 7) is 8.42. The second-order valence-corrected chi connectivity index (χ2v) is 7.93. The SMILES string of the molecule is CN=C(NCC1CN(C)CCN1C)N1CCN(CC(=O)NC2CC2)CC1.I. The van der Waals surface area contributed by atoms with Crippen molar-refractivity contribution in [3.8, 4) is 0 Å². The van der Waals surface area contributed by atoms with Crippen LogP contribution in [0.5, 0.6) is 0 Å². The molecule has 2 N–H and O–H groups in total. The van der Waals surface area contributed by atoms with Gasteiger partial charge in [0.25, 0.3) is 0 Å². The van der Waals surface area contributed by atoms with Gasteiger partial charge in [0.15, 0.2) is 5.96 Å². The maximum absolute atomic E-state index is 12.0. The van der Waals surface area contributed by atoms with E-state index in [0.29, 0.717) is 18.6 Å². The highest BCUT2D eigenvalue weighted by molar-refractivity contribution is 14.0. The molecule has 1 atom stereocenters. The highest BCUT2D eigenvalue weighted by Gasteiger charge is 2.27. The first-order valence-corrected chi connectivity index (χ1v) is 9.91. The number of carbonyl (C=O) groups excluding carboxylic acids is 1. The topological polar surface area (TPSA) is 66.5 Å². The molecule has 1 aliphatic carbocycles. The highest BCUT2D eigenvalue weighted by atomic mass is 127. The van der Waals surface area contributed by atoms with Gasteiger partial charge in [-0.05, 0) is 26.9 Å². The summed E-state index contributed by atoms with van der Waals surface area (Å²) >= 11 is 0. The number of nitrogens with zero attached hydrogens (tertiary/aromatic N) is 5. The molecule has 3 rings (SSSR count). The molecule has 2 heterocycles. The summed E-state index contributed by atoms with van der Waals surface area (Å²) in [6.07, 6.45) is 2.29. The third kappa shape index (κ3) is 7.03. The first-order valence-electron chi connectivity index (χ1n) is 9.91. The normalized spacial score (nSPS) is 25.8. The molecule has 0 aromatic rings. The minimum Gasteiger partial charge on any atom is -0.355 e. The fraction of sp³-hybridized carbons (Fsp3) is 0.889. The van der Waals surface area contributed by atoms with E-state index in [9.17, 15) is 4.79 Å². The molecule has 0 aromatic carbocycles. The van der Waals surface area contributed by atoms with Gasteiger partial charge in [-0.15, -0.1) is 24.0 Å². The molecule has 1 saturated carbocycles. The molecule has 0 bridgehead atoms. The van der Waals surface area contributed by atoms with Crippen LogP contribution in [0.4, 0.5) is 0 Å². The van der Waals surface area contributed by atoms with E-state index in [4.69, 9.17) is 0 Å². The first kappa shape index (κ1) is 22.6. The highest BCUT2D eigenvalue weighted by Crippen LogP contribution is 2.18. The van der Waals surface area contributed by atoms with E-state index in [1.165, 1.54) is 0 Å². The molecular weight excluding hydrogens is 457 g/mol. The third-order valence-electron chi connectivity index (χ3n) is 5.67. The maximum atomic E-state index is 12.0. The van der Waals surface area contributed by atoms with Crippen LogP contribution in [-0.2, 0) is 4.79 Å². The number of likely N-dealkylation sites (N-methyl/N-ethyl adjacent to an activating group) is 2. The fourth-order valence-corrected chi connectivity index (χ4v) is 3.69. The lowest BCUT2D eigenvalue weighted by molar-refractivity contribution is -0.122. The summed E-state index contributed by atoms with van der Waals surface area (Å²) in [5, 5.41) is 6.63. The van der Waals surface area contributed by atoms with Gasteiger partial charge >= 0.3 is 0 Å². The van der Waals surface area contributed by atoms with E-state index >= 15 is 0 Å². The second kappa shape index (κ2) is 10.8. The Morgan fingerprint density at radius 2 is 1.78 bits per heavy atom. The number of carbonyl (C=O) groups is 1. The van der Waals surface area contributed by atoms with Gasteiger partial charge in [0.1, 0.15) is 0 Å². The van der Waals surface area contributed by atoms with Crippen molar-refractivity contribution in [2.24, 2.45) is 4.99 Å². The molecule has 0 radical (unpaired) electrons. The van der Waals surface area contributed by atoms with Gasteiger partial charge in [0.05, 0.1) is 6.54 Å². The van der Waals surface area contributed by atoms with E-state index < -0.39 is 0 Å². The summed E-state index contributed by atoms with van der Waals surface area (Å²) in [5.41, 5.74) is 0. The van der Waals surface area contributed by atoms with Crippen molar-refractivity contribution in [3.05, 3.63) is 0 Å². The molecule has 0 aromatic heterocycles. The van der Waals surface area contributed by atoms with Gasteiger partial charge in [-0.2, -0.15) is 0 Å². The monoisotopic (exact) mass is 493 g/mol. The zero-order chi connectivity index (χ0) is 18.5. The van der Waals surface area contributed by atoms with Crippen LogP contribution in [-0.4, -0.2) is 124 Å². The van der Waals surface area contributed by atoms with Crippen LogP contribution < -0.4 is 10.6 Å². The van der Waals surface area contributed by atoms with Crippen molar-refractivity contribution in [3.63, 3.8) is 0 Å². The van der Waals surface area contributed by atoms with Gasteiger partial charge in [-0.1, -0.05) is 0 Å². The van der Waals surface area contributed by atoms with Gasteiger partial charge in [0, 0.05) is 71.5 Å². The molecule has 0 spiro atoms. The Labute approximate surface area is 180 Å². The Balaban J connectivity index is 0.00000261. The summed E-state index contributed by atoms with van der Waals surface area (Å²) < 4.78 is 0. The van der Waals surface area contributed by atoms with Crippen LogP contribution in [0.25, 0.3) is 0 Å². The van der Waals surface area contributed by atoms with Crippen LogP contribution in [0, 0.1) is 0 Å². The lowest BCUT2D eigenvalue weighted by Crippen LogP contribution is -2.58. The summed E-state index contributed by atoms with van der Waals surface area (Å²) in [5.74, 6) is 1.15. The third-order valence-corrected chi connectivity index (χ3v) is 5.67. The minimum atomic E-state index is 0. The second-order valence-electron chi connectivity index (χ2n) is 7.93. The Kier molecular flexibility index (Phi) is 9.03. The maximum Gasteiger partial charge on any atom is 0.234 e. The Bertz CT molecular complexity index is 506. The lowest BCUT2D eigenvalue weighted by atomic mass is 10.2. The zero-order valence-corrected chi connectivity index (χ0v) is 19.3. The number of piperazine rings is 2. The smallest absolute Gasteiger partial charge is 0.234 e. The predicted octanol–water partition coefficient (Wildman–Crippen LogP) is -0.678. The zero-order valence-electron chi connectivity index (χ0n) is 17.0. The Morgan fingerprint density at radius 3 is 2.41 bits per heavy atom. The molecule has 2 saturated heterocycles. The average molecular weight is 493 g/mol. The first-order chi connectivity index (χ1) is 12.5. The van der Waals surface area contributed by atoms with Crippen LogP contribution in [0.2, 0.25) is 0 Å². The fourth-order valence-electron chi connectivity index (χ4n) is 3.69. The van der Waals surface area contributed by atoms with Crippen molar-refractivity contribution in [1.82, 2.24) is 30.2 Å². The standard InChI is InChI=1S/C18H35N7O.HI/c1-19-18(20-12-16-13-22(2)6-7-23(16)3)25-10-8-24(9-11-25)14-17(26)21-15-4-5-15;/h15-16H,4-14H2,1-3H3,(H,19,20)(H,21,26);1H. The number of hydrogen-bond donors (Lipinski definition) is 2. The summed E-state index contributed by atoms with van der Waals surface area (Å²) in [4.78, 5) is 25.8. The summed E-state index contributed by atoms with van der Waals surface area (Å²) in [7, 11) is 6.25. The largest absolute Gasteiger partial charge is 0.355 e. The molecule has 1 amide bonds. The molecule has 156 valence electrons. The minimum absolute atomic E-state index is 0. The number of hydrogen-bond acceptors (Lipinski definition) is 5. The average Bonchev–Trinajstić information content (AvgIpc) is 3.43. The predicted molar refractivity (Wildman–Crippen MR) is 120 cm³/mol. The number of rotatable bonds is 5. The number of amides is 1. The molecule has 27 heavy (non-hydrogen) atoms. The van der Waals surface area contributed by atoms with Crippen molar-refractivity contribution in [2.45, 2.75) is 24.9 Å². The van der Waals surface area contributed by atoms with Crippen LogP contribution >= 0.6 is 24.0 Å². The molecule has 2 aliphatic heterocycles. The van der Waals surface area contributed by atoms with E-state index in [1.807, 2.05) is 7.05 Å². The Morgan fingerprint density at radius 1 is 1.07 bits per heavy atom. The quantitative estimate of drug-likeness (QED) is 0.301. The van der Waals surface area contributed by atoms with Crippen molar-refractivity contribution >= 4 is 35.8 Å². The number of halogens is 1. The van der Waals surface area contributed by atoms with Gasteiger partial charge < -0.3 is 20.4 Å². The van der Waals surface area contributed by atoms with Crippen molar-refractivity contribution in [1.29, 1.82) is 0 Å². The van der Waals surface area contributed by atoms with Crippen LogP contribution in [0.1, 0.15) is 12.8 Å². The molecule has 3 fully saturated rings. The van der Waals surface area contributed by atoms with E-state index in [1.54, 1.807) is 0 Å². The van der Waals surface area contributed by atoms with Crippen molar-refractivity contribution < 1.29 is 4.79 Å². The van der Waals surface area contributed by atoms with E-state index in [0.717, 1.165) is 71.2 Å². The Hall–Kier alpha value is -0.650. The molecule has 9 heteroatoms. The number of aliphatic imine (C=N–C) groups is 1. The van der Waals surface area contributed by atoms with Gasteiger partial charge in [-0.3, -0.25) is 19.6 Å². The molecule has 3 aliphatic rings. The van der Waals surface area contributed by atoms with Gasteiger partial charge in [-0.25, -0.2) is 0 Å².